The zero-order chi connectivity index (χ0) is 17.8. The molecule has 0 unspecified atom stereocenters. The highest BCUT2D eigenvalue weighted by atomic mass is 32.1. The van der Waals surface area contributed by atoms with Crippen LogP contribution in [0.15, 0.2) is 52.5 Å². The molecule has 128 valence electrons. The molecule has 3 rings (SSSR count). The Balaban J connectivity index is 1.96. The van der Waals surface area contributed by atoms with E-state index >= 15 is 0 Å². The third-order valence-electron chi connectivity index (χ3n) is 3.48. The molecule has 0 bridgehead atoms. The van der Waals surface area contributed by atoms with E-state index in [2.05, 4.69) is 40.2 Å². The molecule has 0 spiro atoms. The maximum absolute atomic E-state index is 10.3. The van der Waals surface area contributed by atoms with Gasteiger partial charge in [-0.2, -0.15) is 0 Å². The Labute approximate surface area is 157 Å². The summed E-state index contributed by atoms with van der Waals surface area (Å²) in [6.45, 7) is 2.62. The number of nitrogens with zero attached hydrogens (tertiary/aromatic N) is 3. The van der Waals surface area contributed by atoms with Gasteiger partial charge >= 0.3 is 0 Å². The molecule has 1 N–H and O–H groups in total. The summed E-state index contributed by atoms with van der Waals surface area (Å²) in [5, 5.41) is 10.3. The Hall–Kier alpha value is -2.25. The second-order valence-electron chi connectivity index (χ2n) is 5.36. The van der Waals surface area contributed by atoms with Crippen LogP contribution in [-0.2, 0) is 0 Å². The van der Waals surface area contributed by atoms with Gasteiger partial charge in [0.2, 0.25) is 0 Å². The van der Waals surface area contributed by atoms with Crippen molar-refractivity contribution in [1.29, 1.82) is 0 Å². The van der Waals surface area contributed by atoms with Gasteiger partial charge in [0.05, 0.1) is 12.2 Å². The second-order valence-corrected chi connectivity index (χ2v) is 6.36. The average Bonchev–Trinajstić information content (AvgIpc) is 2.60. The first-order valence-electron chi connectivity index (χ1n) is 7.76. The van der Waals surface area contributed by atoms with Gasteiger partial charge in [-0.25, -0.2) is 15.0 Å². The molecule has 0 aliphatic heterocycles. The summed E-state index contributed by atoms with van der Waals surface area (Å²) < 4.78 is 5.52. The predicted molar refractivity (Wildman–Crippen MR) is 103 cm³/mol. The third kappa shape index (κ3) is 4.05. The molecule has 0 amide bonds. The van der Waals surface area contributed by atoms with Gasteiger partial charge in [0.25, 0.3) is 0 Å². The molecule has 1 heterocycles. The SMILES string of the molecule is CCCOc1ccc(-c2ncnc(-c3ccc(S)cc3S)n2)c(O)c1. The van der Waals surface area contributed by atoms with E-state index in [1.807, 2.05) is 25.1 Å². The van der Waals surface area contributed by atoms with Crippen LogP contribution in [0, 0.1) is 0 Å². The van der Waals surface area contributed by atoms with Crippen molar-refractivity contribution < 1.29 is 9.84 Å². The Morgan fingerprint density at radius 1 is 1.00 bits per heavy atom. The normalized spacial score (nSPS) is 10.7. The lowest BCUT2D eigenvalue weighted by Gasteiger charge is -2.09. The minimum absolute atomic E-state index is 0.0579. The number of hydrogen-bond acceptors (Lipinski definition) is 7. The minimum Gasteiger partial charge on any atom is -0.507 e. The Morgan fingerprint density at radius 3 is 2.40 bits per heavy atom. The Kier molecular flexibility index (Phi) is 5.45. The van der Waals surface area contributed by atoms with Crippen LogP contribution in [0.4, 0.5) is 0 Å². The Bertz CT molecular complexity index is 903. The largest absolute Gasteiger partial charge is 0.507 e. The molecule has 0 fully saturated rings. The van der Waals surface area contributed by atoms with Crippen LogP contribution in [0.5, 0.6) is 11.5 Å². The summed E-state index contributed by atoms with van der Waals surface area (Å²) in [5.74, 6) is 1.53. The molecule has 5 nitrogen and oxygen atoms in total. The topological polar surface area (TPSA) is 68.1 Å². The zero-order valence-electron chi connectivity index (χ0n) is 13.5. The van der Waals surface area contributed by atoms with Crippen molar-refractivity contribution in [2.24, 2.45) is 0 Å². The van der Waals surface area contributed by atoms with Gasteiger partial charge in [0.15, 0.2) is 11.6 Å². The molecule has 2 aromatic carbocycles. The predicted octanol–water partition coefficient (Wildman–Crippen LogP) is 4.28. The first-order valence-corrected chi connectivity index (χ1v) is 8.65. The molecule has 3 aromatic rings. The molecule has 0 atom stereocenters. The number of rotatable bonds is 5. The van der Waals surface area contributed by atoms with Crippen LogP contribution < -0.4 is 4.74 Å². The van der Waals surface area contributed by atoms with Gasteiger partial charge in [-0.15, -0.1) is 25.3 Å². The number of benzene rings is 2. The number of aromatic nitrogens is 3. The van der Waals surface area contributed by atoms with E-state index in [-0.39, 0.29) is 5.75 Å². The standard InChI is InChI=1S/C18H17N3O2S2/c1-2-7-23-11-3-5-13(15(22)8-11)17-19-10-20-18(21-17)14-6-4-12(24)9-16(14)25/h3-6,8-10,22,24-25H,2,7H2,1H3. The highest BCUT2D eigenvalue weighted by molar-refractivity contribution is 7.81. The molecule has 7 heteroatoms. The number of aromatic hydroxyl groups is 1. The van der Waals surface area contributed by atoms with Gasteiger partial charge in [-0.3, -0.25) is 0 Å². The van der Waals surface area contributed by atoms with Crippen molar-refractivity contribution in [3.63, 3.8) is 0 Å². The highest BCUT2D eigenvalue weighted by Crippen LogP contribution is 2.32. The molecule has 0 aliphatic carbocycles. The number of phenolic OH excluding ortho intramolecular Hbond substituents is 1. The van der Waals surface area contributed by atoms with E-state index in [0.29, 0.717) is 29.6 Å². The third-order valence-corrected chi connectivity index (χ3v) is 4.13. The van der Waals surface area contributed by atoms with Crippen molar-refractivity contribution in [2.45, 2.75) is 23.1 Å². The van der Waals surface area contributed by atoms with E-state index in [4.69, 9.17) is 4.74 Å². The average molecular weight is 371 g/mol. The van der Waals surface area contributed by atoms with Gasteiger partial charge in [0.1, 0.15) is 17.8 Å². The van der Waals surface area contributed by atoms with E-state index < -0.39 is 0 Å². The van der Waals surface area contributed by atoms with E-state index in [9.17, 15) is 5.11 Å². The number of phenols is 1. The smallest absolute Gasteiger partial charge is 0.167 e. The van der Waals surface area contributed by atoms with Crippen molar-refractivity contribution in [3.05, 3.63) is 42.7 Å². The maximum atomic E-state index is 10.3. The quantitative estimate of drug-likeness (QED) is 0.584. The second kappa shape index (κ2) is 7.76. The maximum Gasteiger partial charge on any atom is 0.167 e. The van der Waals surface area contributed by atoms with Gasteiger partial charge < -0.3 is 9.84 Å². The highest BCUT2D eigenvalue weighted by Gasteiger charge is 2.12. The van der Waals surface area contributed by atoms with E-state index in [0.717, 1.165) is 21.8 Å². The van der Waals surface area contributed by atoms with Gasteiger partial charge in [0, 0.05) is 21.4 Å². The van der Waals surface area contributed by atoms with Crippen molar-refractivity contribution in [3.8, 4) is 34.3 Å². The van der Waals surface area contributed by atoms with Crippen LogP contribution in [0.25, 0.3) is 22.8 Å². The summed E-state index contributed by atoms with van der Waals surface area (Å²) >= 11 is 8.74. The number of thiol groups is 2. The van der Waals surface area contributed by atoms with Crippen LogP contribution in [0.3, 0.4) is 0 Å². The molecule has 0 radical (unpaired) electrons. The van der Waals surface area contributed by atoms with E-state index in [1.165, 1.54) is 6.33 Å². The fourth-order valence-electron chi connectivity index (χ4n) is 2.28. The summed E-state index contributed by atoms with van der Waals surface area (Å²) in [6.07, 6.45) is 2.32. The molecule has 0 saturated heterocycles. The molecule has 1 aromatic heterocycles. The fourth-order valence-corrected chi connectivity index (χ4v) is 2.89. The summed E-state index contributed by atoms with van der Waals surface area (Å²) in [6, 6.07) is 10.6. The van der Waals surface area contributed by atoms with Crippen LogP contribution in [-0.4, -0.2) is 26.7 Å². The molecule has 25 heavy (non-hydrogen) atoms. The lowest BCUT2D eigenvalue weighted by molar-refractivity contribution is 0.315. The molecule has 0 aliphatic rings. The molecular formula is C18H17N3O2S2. The van der Waals surface area contributed by atoms with Crippen LogP contribution >= 0.6 is 25.3 Å². The van der Waals surface area contributed by atoms with Crippen LogP contribution in [0.1, 0.15) is 13.3 Å². The minimum atomic E-state index is 0.0579. The van der Waals surface area contributed by atoms with Crippen molar-refractivity contribution in [1.82, 2.24) is 15.0 Å². The summed E-state index contributed by atoms with van der Waals surface area (Å²) in [4.78, 5) is 14.4. The van der Waals surface area contributed by atoms with Crippen molar-refractivity contribution in [2.75, 3.05) is 6.61 Å². The monoisotopic (exact) mass is 371 g/mol. The lowest BCUT2D eigenvalue weighted by atomic mass is 10.1. The first kappa shape index (κ1) is 17.6. The summed E-state index contributed by atoms with van der Waals surface area (Å²) in [5.41, 5.74) is 1.28. The number of hydrogen-bond donors (Lipinski definition) is 3. The fraction of sp³-hybridized carbons (Fsp3) is 0.167. The first-order chi connectivity index (χ1) is 12.1. The van der Waals surface area contributed by atoms with Crippen molar-refractivity contribution >= 4 is 25.3 Å². The van der Waals surface area contributed by atoms with Crippen LogP contribution in [0.2, 0.25) is 0 Å². The van der Waals surface area contributed by atoms with Gasteiger partial charge in [-0.05, 0) is 36.8 Å². The lowest BCUT2D eigenvalue weighted by Crippen LogP contribution is -1.97. The van der Waals surface area contributed by atoms with E-state index in [1.54, 1.807) is 18.2 Å². The molecular weight excluding hydrogens is 354 g/mol. The Morgan fingerprint density at radius 2 is 1.72 bits per heavy atom. The molecule has 0 saturated carbocycles. The summed E-state index contributed by atoms with van der Waals surface area (Å²) in [7, 11) is 0. The number of ether oxygens (including phenoxy) is 1. The van der Waals surface area contributed by atoms with Gasteiger partial charge in [-0.1, -0.05) is 6.92 Å². The zero-order valence-corrected chi connectivity index (χ0v) is 15.3.